The molecule has 0 aliphatic carbocycles. The molecule has 0 aliphatic heterocycles. The molecule has 8 heteroatoms. The van der Waals surface area contributed by atoms with Crippen LogP contribution < -0.4 is 10.6 Å². The molecule has 0 saturated heterocycles. The molecular formula is C12H16N2O5S. The molecule has 0 aliphatic rings. The van der Waals surface area contributed by atoms with Crippen LogP contribution in [0, 0.1) is 6.92 Å². The zero-order valence-corrected chi connectivity index (χ0v) is 11.7. The highest BCUT2D eigenvalue weighted by Crippen LogP contribution is 2.14. The number of carbonyl (C=O) groups excluding carboxylic acids is 1. The first-order valence-electron chi connectivity index (χ1n) is 5.92. The second kappa shape index (κ2) is 7.49. The molecule has 4 N–H and O–H groups in total. The summed E-state index contributed by atoms with van der Waals surface area (Å²) >= 11 is 1.49. The van der Waals surface area contributed by atoms with Crippen molar-refractivity contribution in [3.63, 3.8) is 0 Å². The van der Waals surface area contributed by atoms with Gasteiger partial charge in [0.15, 0.2) is 0 Å². The highest BCUT2D eigenvalue weighted by Gasteiger charge is 2.20. The van der Waals surface area contributed by atoms with Crippen molar-refractivity contribution in [2.24, 2.45) is 0 Å². The molecule has 0 radical (unpaired) electrons. The standard InChI is InChI=1S/C12H16N2O5S/c1-7-4-5-20-9(7)6-13-12(19)14-8(11(17)18)2-3-10(15)16/h4-5,8H,2-3,6H2,1H3,(H,15,16)(H,17,18)(H2,13,14,19). The predicted octanol–water partition coefficient (Wildman–Crippen LogP) is 1.17. The number of hydrogen-bond acceptors (Lipinski definition) is 4. The van der Waals surface area contributed by atoms with Gasteiger partial charge >= 0.3 is 18.0 Å². The number of aryl methyl sites for hydroxylation is 1. The van der Waals surface area contributed by atoms with E-state index in [2.05, 4.69) is 10.6 Å². The molecule has 1 atom stereocenters. The minimum atomic E-state index is -1.26. The van der Waals surface area contributed by atoms with Crippen molar-refractivity contribution < 1.29 is 24.6 Å². The Morgan fingerprint density at radius 2 is 2.05 bits per heavy atom. The zero-order valence-electron chi connectivity index (χ0n) is 10.9. The van der Waals surface area contributed by atoms with Gasteiger partial charge in [-0.3, -0.25) is 4.79 Å². The van der Waals surface area contributed by atoms with E-state index in [0.717, 1.165) is 10.4 Å². The molecule has 1 aromatic heterocycles. The van der Waals surface area contributed by atoms with Crippen LogP contribution in [-0.4, -0.2) is 34.2 Å². The number of amides is 2. The van der Waals surface area contributed by atoms with Gasteiger partial charge in [0.2, 0.25) is 0 Å². The van der Waals surface area contributed by atoms with Gasteiger partial charge in [-0.25, -0.2) is 9.59 Å². The summed E-state index contributed by atoms with van der Waals surface area (Å²) in [6.45, 7) is 2.22. The van der Waals surface area contributed by atoms with E-state index in [1.54, 1.807) is 0 Å². The second-order valence-electron chi connectivity index (χ2n) is 4.18. The largest absolute Gasteiger partial charge is 0.481 e. The molecule has 20 heavy (non-hydrogen) atoms. The highest BCUT2D eigenvalue weighted by atomic mass is 32.1. The number of urea groups is 1. The van der Waals surface area contributed by atoms with Crippen LogP contribution in [0.3, 0.4) is 0 Å². The second-order valence-corrected chi connectivity index (χ2v) is 5.18. The van der Waals surface area contributed by atoms with Crippen LogP contribution in [0.25, 0.3) is 0 Å². The Kier molecular flexibility index (Phi) is 5.98. The molecule has 0 saturated carbocycles. The SMILES string of the molecule is Cc1ccsc1CNC(=O)NC(CCC(=O)O)C(=O)O. The summed E-state index contributed by atoms with van der Waals surface area (Å²) in [5.41, 5.74) is 1.05. The normalized spacial score (nSPS) is 11.7. The van der Waals surface area contributed by atoms with E-state index in [4.69, 9.17) is 10.2 Å². The van der Waals surface area contributed by atoms with Crippen molar-refractivity contribution in [3.8, 4) is 0 Å². The Labute approximate surface area is 119 Å². The average molecular weight is 300 g/mol. The van der Waals surface area contributed by atoms with E-state index < -0.39 is 24.0 Å². The average Bonchev–Trinajstić information content (AvgIpc) is 2.77. The van der Waals surface area contributed by atoms with Crippen molar-refractivity contribution in [1.29, 1.82) is 0 Å². The van der Waals surface area contributed by atoms with Gasteiger partial charge in [-0.05, 0) is 30.4 Å². The first-order chi connectivity index (χ1) is 9.40. The predicted molar refractivity (Wildman–Crippen MR) is 72.7 cm³/mol. The van der Waals surface area contributed by atoms with Crippen LogP contribution in [0.1, 0.15) is 23.3 Å². The third kappa shape index (κ3) is 5.27. The van der Waals surface area contributed by atoms with Crippen LogP contribution in [0.15, 0.2) is 11.4 Å². The summed E-state index contributed by atoms with van der Waals surface area (Å²) in [5.74, 6) is -2.36. The number of carboxylic acid groups (broad SMARTS) is 2. The number of thiophene rings is 1. The maximum absolute atomic E-state index is 11.6. The lowest BCUT2D eigenvalue weighted by atomic mass is 10.1. The number of rotatable bonds is 7. The fourth-order valence-electron chi connectivity index (χ4n) is 1.48. The van der Waals surface area contributed by atoms with Gasteiger partial charge in [-0.2, -0.15) is 0 Å². The third-order valence-electron chi connectivity index (χ3n) is 2.63. The molecule has 1 rings (SSSR count). The zero-order chi connectivity index (χ0) is 15.1. The van der Waals surface area contributed by atoms with Gasteiger partial charge < -0.3 is 20.8 Å². The number of carboxylic acids is 2. The molecule has 2 amide bonds. The Balaban J connectivity index is 2.43. The van der Waals surface area contributed by atoms with Gasteiger partial charge in [-0.1, -0.05) is 0 Å². The van der Waals surface area contributed by atoms with Crippen molar-refractivity contribution >= 4 is 29.3 Å². The molecular weight excluding hydrogens is 284 g/mol. The minimum Gasteiger partial charge on any atom is -0.481 e. The summed E-state index contributed by atoms with van der Waals surface area (Å²) in [6.07, 6.45) is -0.475. The number of aliphatic carboxylic acids is 2. The Morgan fingerprint density at radius 3 is 2.55 bits per heavy atom. The van der Waals surface area contributed by atoms with E-state index in [0.29, 0.717) is 6.54 Å². The molecule has 0 spiro atoms. The van der Waals surface area contributed by atoms with Crippen LogP contribution in [-0.2, 0) is 16.1 Å². The van der Waals surface area contributed by atoms with E-state index in [9.17, 15) is 14.4 Å². The third-order valence-corrected chi connectivity index (χ3v) is 3.65. The summed E-state index contributed by atoms with van der Waals surface area (Å²) in [4.78, 5) is 33.9. The van der Waals surface area contributed by atoms with Gasteiger partial charge in [0.05, 0.1) is 6.54 Å². The fraction of sp³-hybridized carbons (Fsp3) is 0.417. The number of hydrogen-bond donors (Lipinski definition) is 4. The van der Waals surface area contributed by atoms with Crippen molar-refractivity contribution in [2.45, 2.75) is 32.4 Å². The van der Waals surface area contributed by atoms with Crippen LogP contribution in [0.5, 0.6) is 0 Å². The molecule has 1 heterocycles. The molecule has 0 fully saturated rings. The summed E-state index contributed by atoms with van der Waals surface area (Å²) in [7, 11) is 0. The number of carbonyl (C=O) groups is 3. The van der Waals surface area contributed by atoms with E-state index in [-0.39, 0.29) is 12.8 Å². The lowest BCUT2D eigenvalue weighted by Crippen LogP contribution is -2.45. The van der Waals surface area contributed by atoms with Gasteiger partial charge in [0.25, 0.3) is 0 Å². The summed E-state index contributed by atoms with van der Waals surface area (Å²) in [6, 6.07) is 0.0816. The minimum absolute atomic E-state index is 0.157. The summed E-state index contributed by atoms with van der Waals surface area (Å²) < 4.78 is 0. The van der Waals surface area contributed by atoms with Crippen molar-refractivity contribution in [2.75, 3.05) is 0 Å². The van der Waals surface area contributed by atoms with E-state index in [1.807, 2.05) is 18.4 Å². The molecule has 0 bridgehead atoms. The summed E-state index contributed by atoms with van der Waals surface area (Å²) in [5, 5.41) is 24.1. The molecule has 1 aromatic rings. The monoisotopic (exact) mass is 300 g/mol. The first kappa shape index (κ1) is 16.0. The van der Waals surface area contributed by atoms with E-state index >= 15 is 0 Å². The first-order valence-corrected chi connectivity index (χ1v) is 6.80. The maximum Gasteiger partial charge on any atom is 0.326 e. The van der Waals surface area contributed by atoms with Crippen molar-refractivity contribution in [3.05, 3.63) is 21.9 Å². The van der Waals surface area contributed by atoms with Gasteiger partial charge in [0.1, 0.15) is 6.04 Å². The van der Waals surface area contributed by atoms with Crippen molar-refractivity contribution in [1.82, 2.24) is 10.6 Å². The van der Waals surface area contributed by atoms with Gasteiger partial charge in [0, 0.05) is 11.3 Å². The molecule has 110 valence electrons. The van der Waals surface area contributed by atoms with Crippen LogP contribution >= 0.6 is 11.3 Å². The van der Waals surface area contributed by atoms with Crippen LogP contribution in [0.4, 0.5) is 4.79 Å². The molecule has 1 unspecified atom stereocenters. The topological polar surface area (TPSA) is 116 Å². The smallest absolute Gasteiger partial charge is 0.326 e. The fourth-order valence-corrected chi connectivity index (χ4v) is 2.33. The lowest BCUT2D eigenvalue weighted by Gasteiger charge is -2.14. The Hall–Kier alpha value is -2.09. The molecule has 7 nitrogen and oxygen atoms in total. The van der Waals surface area contributed by atoms with Gasteiger partial charge in [-0.15, -0.1) is 11.3 Å². The number of nitrogens with one attached hydrogen (secondary N) is 2. The van der Waals surface area contributed by atoms with Crippen LogP contribution in [0.2, 0.25) is 0 Å². The quantitative estimate of drug-likeness (QED) is 0.603. The Bertz CT molecular complexity index is 500. The Morgan fingerprint density at radius 1 is 1.35 bits per heavy atom. The molecule has 0 aromatic carbocycles. The maximum atomic E-state index is 11.6. The highest BCUT2D eigenvalue weighted by molar-refractivity contribution is 7.10. The lowest BCUT2D eigenvalue weighted by molar-refractivity contribution is -0.140. The van der Waals surface area contributed by atoms with E-state index in [1.165, 1.54) is 11.3 Å².